The summed E-state index contributed by atoms with van der Waals surface area (Å²) in [5.74, 6) is 0. The van der Waals surface area contributed by atoms with E-state index in [1.54, 1.807) is 0 Å². The van der Waals surface area contributed by atoms with Crippen molar-refractivity contribution in [3.05, 3.63) is 33.8 Å². The zero-order valence-corrected chi connectivity index (χ0v) is 14.4. The highest BCUT2D eigenvalue weighted by atomic mass is 35.5. The first-order valence-electron chi connectivity index (χ1n) is 6.47. The van der Waals surface area contributed by atoms with E-state index in [9.17, 15) is 0 Å². The molecule has 1 aromatic rings. The van der Waals surface area contributed by atoms with E-state index in [-0.39, 0.29) is 30.4 Å². The summed E-state index contributed by atoms with van der Waals surface area (Å²) in [6.07, 6.45) is 5.79. The molecule has 0 radical (unpaired) electrons. The molecule has 1 aromatic carbocycles. The van der Waals surface area contributed by atoms with Crippen molar-refractivity contribution in [1.82, 2.24) is 0 Å². The Morgan fingerprint density at radius 3 is 2.10 bits per heavy atom. The number of hydrogen-bond acceptors (Lipinski definition) is 2. The van der Waals surface area contributed by atoms with Crippen LogP contribution in [0.4, 0.5) is 0 Å². The summed E-state index contributed by atoms with van der Waals surface area (Å²) in [5.41, 5.74) is 13.3. The molecule has 0 amide bonds. The Kier molecular flexibility index (Phi) is 8.80. The standard InChI is InChI=1S/C14H20Cl2N2.2ClH/c15-12-2-1-3-13(16)11(12)6-9-14(18)7-4-10(17)5-8-14;;/h1-3,10H,4-9,17-18H2;2*1H. The summed E-state index contributed by atoms with van der Waals surface area (Å²) in [6.45, 7) is 0. The smallest absolute Gasteiger partial charge is 0.0452 e. The Bertz CT molecular complexity index is 397. The third kappa shape index (κ3) is 5.25. The van der Waals surface area contributed by atoms with Crippen LogP contribution in [-0.2, 0) is 6.42 Å². The molecule has 2 nitrogen and oxygen atoms in total. The van der Waals surface area contributed by atoms with Gasteiger partial charge in [0, 0.05) is 21.6 Å². The fourth-order valence-corrected chi connectivity index (χ4v) is 3.20. The minimum atomic E-state index is -0.0988. The lowest BCUT2D eigenvalue weighted by molar-refractivity contribution is 0.258. The molecule has 4 N–H and O–H groups in total. The van der Waals surface area contributed by atoms with Gasteiger partial charge in [-0.25, -0.2) is 0 Å². The van der Waals surface area contributed by atoms with Crippen LogP contribution in [0, 0.1) is 0 Å². The maximum atomic E-state index is 6.43. The van der Waals surface area contributed by atoms with Gasteiger partial charge in [-0.3, -0.25) is 0 Å². The second-order valence-corrected chi connectivity index (χ2v) is 6.21. The topological polar surface area (TPSA) is 52.0 Å². The van der Waals surface area contributed by atoms with Crippen LogP contribution in [0.3, 0.4) is 0 Å². The lowest BCUT2D eigenvalue weighted by atomic mass is 9.77. The fourth-order valence-electron chi connectivity index (χ4n) is 2.61. The van der Waals surface area contributed by atoms with E-state index in [0.717, 1.165) is 54.1 Å². The molecule has 0 aliphatic heterocycles. The predicted octanol–water partition coefficient (Wildman–Crippen LogP) is 4.37. The molecule has 0 saturated heterocycles. The van der Waals surface area contributed by atoms with Crippen molar-refractivity contribution in [2.45, 2.75) is 50.1 Å². The summed E-state index contributed by atoms with van der Waals surface area (Å²) in [7, 11) is 0. The van der Waals surface area contributed by atoms with E-state index in [1.165, 1.54) is 0 Å². The van der Waals surface area contributed by atoms with Crippen molar-refractivity contribution < 1.29 is 0 Å². The quantitative estimate of drug-likeness (QED) is 0.841. The average Bonchev–Trinajstić information content (AvgIpc) is 2.33. The van der Waals surface area contributed by atoms with E-state index in [1.807, 2.05) is 18.2 Å². The Labute approximate surface area is 143 Å². The lowest BCUT2D eigenvalue weighted by Crippen LogP contribution is -2.46. The summed E-state index contributed by atoms with van der Waals surface area (Å²) in [6, 6.07) is 5.95. The van der Waals surface area contributed by atoms with E-state index in [2.05, 4.69) is 0 Å². The van der Waals surface area contributed by atoms with Crippen LogP contribution in [0.1, 0.15) is 37.7 Å². The van der Waals surface area contributed by atoms with Crippen LogP contribution in [-0.4, -0.2) is 11.6 Å². The molecule has 1 aliphatic carbocycles. The van der Waals surface area contributed by atoms with Crippen LogP contribution >= 0.6 is 48.0 Å². The Morgan fingerprint density at radius 2 is 1.60 bits per heavy atom. The molecule has 0 atom stereocenters. The van der Waals surface area contributed by atoms with Crippen LogP contribution in [0.15, 0.2) is 18.2 Å². The van der Waals surface area contributed by atoms with E-state index in [0.29, 0.717) is 6.04 Å². The molecular formula is C14H22Cl4N2. The zero-order chi connectivity index (χ0) is 13.2. The van der Waals surface area contributed by atoms with Gasteiger partial charge in [-0.05, 0) is 56.2 Å². The normalized spacial score (nSPS) is 25.5. The Morgan fingerprint density at radius 1 is 1.10 bits per heavy atom. The van der Waals surface area contributed by atoms with Gasteiger partial charge < -0.3 is 11.5 Å². The minimum Gasteiger partial charge on any atom is -0.328 e. The maximum Gasteiger partial charge on any atom is 0.0452 e. The number of rotatable bonds is 3. The number of nitrogens with two attached hydrogens (primary N) is 2. The third-order valence-electron chi connectivity index (χ3n) is 3.96. The highest BCUT2D eigenvalue weighted by Crippen LogP contribution is 2.32. The van der Waals surface area contributed by atoms with Crippen molar-refractivity contribution >= 4 is 48.0 Å². The second kappa shape index (κ2) is 8.67. The fraction of sp³-hybridized carbons (Fsp3) is 0.571. The summed E-state index contributed by atoms with van der Waals surface area (Å²) >= 11 is 12.3. The van der Waals surface area contributed by atoms with Crippen LogP contribution in [0.5, 0.6) is 0 Å². The molecule has 20 heavy (non-hydrogen) atoms. The first kappa shape index (κ1) is 20.3. The first-order chi connectivity index (χ1) is 8.50. The second-order valence-electron chi connectivity index (χ2n) is 5.40. The van der Waals surface area contributed by atoms with Crippen molar-refractivity contribution in [3.63, 3.8) is 0 Å². The average molecular weight is 360 g/mol. The van der Waals surface area contributed by atoms with Gasteiger partial charge in [0.2, 0.25) is 0 Å². The van der Waals surface area contributed by atoms with Crippen LogP contribution < -0.4 is 11.5 Å². The van der Waals surface area contributed by atoms with Gasteiger partial charge in [0.05, 0.1) is 0 Å². The largest absolute Gasteiger partial charge is 0.328 e. The molecule has 1 saturated carbocycles. The molecule has 116 valence electrons. The minimum absolute atomic E-state index is 0. The van der Waals surface area contributed by atoms with Crippen LogP contribution in [0.25, 0.3) is 0 Å². The van der Waals surface area contributed by atoms with Crippen molar-refractivity contribution in [1.29, 1.82) is 0 Å². The zero-order valence-electron chi connectivity index (χ0n) is 11.3. The maximum absolute atomic E-state index is 6.43. The Hall–Kier alpha value is 0.300. The third-order valence-corrected chi connectivity index (χ3v) is 4.67. The summed E-state index contributed by atoms with van der Waals surface area (Å²) in [4.78, 5) is 0. The van der Waals surface area contributed by atoms with Gasteiger partial charge in [0.25, 0.3) is 0 Å². The van der Waals surface area contributed by atoms with E-state index < -0.39 is 0 Å². The molecule has 6 heteroatoms. The van der Waals surface area contributed by atoms with Crippen LogP contribution in [0.2, 0.25) is 10.0 Å². The van der Waals surface area contributed by atoms with Crippen molar-refractivity contribution in [2.75, 3.05) is 0 Å². The molecule has 0 heterocycles. The highest BCUT2D eigenvalue weighted by molar-refractivity contribution is 6.35. The van der Waals surface area contributed by atoms with Crippen molar-refractivity contribution in [2.24, 2.45) is 11.5 Å². The molecular weight excluding hydrogens is 338 g/mol. The van der Waals surface area contributed by atoms with Gasteiger partial charge in [-0.15, -0.1) is 24.8 Å². The van der Waals surface area contributed by atoms with Gasteiger partial charge in [0.1, 0.15) is 0 Å². The highest BCUT2D eigenvalue weighted by Gasteiger charge is 2.30. The van der Waals surface area contributed by atoms with E-state index in [4.69, 9.17) is 34.7 Å². The molecule has 0 aromatic heterocycles. The van der Waals surface area contributed by atoms with E-state index >= 15 is 0 Å². The van der Waals surface area contributed by atoms with Gasteiger partial charge in [0.15, 0.2) is 0 Å². The summed E-state index contributed by atoms with van der Waals surface area (Å²) < 4.78 is 0. The molecule has 0 unspecified atom stereocenters. The monoisotopic (exact) mass is 358 g/mol. The number of hydrogen-bond donors (Lipinski definition) is 2. The van der Waals surface area contributed by atoms with Gasteiger partial charge in [-0.2, -0.15) is 0 Å². The molecule has 1 fully saturated rings. The van der Waals surface area contributed by atoms with Crippen molar-refractivity contribution in [3.8, 4) is 0 Å². The number of halogens is 4. The van der Waals surface area contributed by atoms with Gasteiger partial charge in [-0.1, -0.05) is 29.3 Å². The predicted molar refractivity (Wildman–Crippen MR) is 92.6 cm³/mol. The lowest BCUT2D eigenvalue weighted by Gasteiger charge is -2.36. The molecule has 0 spiro atoms. The first-order valence-corrected chi connectivity index (χ1v) is 7.23. The molecule has 1 aliphatic rings. The SMILES string of the molecule is Cl.Cl.NC1CCC(N)(CCc2c(Cl)cccc2Cl)CC1. The Balaban J connectivity index is 0.00000180. The van der Waals surface area contributed by atoms with Gasteiger partial charge >= 0.3 is 0 Å². The summed E-state index contributed by atoms with van der Waals surface area (Å²) in [5, 5.41) is 1.47. The molecule has 2 rings (SSSR count). The number of benzene rings is 1. The molecule has 0 bridgehead atoms.